The Morgan fingerprint density at radius 2 is 1.52 bits per heavy atom. The molecule has 2 aromatic rings. The number of ether oxygens (including phenoxy) is 1. The van der Waals surface area contributed by atoms with E-state index in [2.05, 4.69) is 0 Å². The second-order valence-corrected chi connectivity index (χ2v) is 9.65. The van der Waals surface area contributed by atoms with E-state index in [9.17, 15) is 27.9 Å². The zero-order valence-electron chi connectivity index (χ0n) is 19.0. The molecule has 0 aliphatic heterocycles. The molecule has 11 heteroatoms. The Bertz CT molecular complexity index is 1110. The van der Waals surface area contributed by atoms with E-state index >= 15 is 0 Å². The number of benzene rings is 2. The van der Waals surface area contributed by atoms with Crippen molar-refractivity contribution in [1.82, 2.24) is 9.21 Å². The van der Waals surface area contributed by atoms with E-state index in [1.165, 1.54) is 69.4 Å². The lowest BCUT2D eigenvalue weighted by molar-refractivity contribution is -0.139. The lowest BCUT2D eigenvalue weighted by Gasteiger charge is -2.28. The molecular formula is C22H27N3O7S. The quantitative estimate of drug-likeness (QED) is 0.618. The first-order chi connectivity index (χ1) is 15.3. The highest BCUT2D eigenvalue weighted by Crippen LogP contribution is 2.23. The number of hydrogen-bond acceptors (Lipinski definition) is 6. The van der Waals surface area contributed by atoms with Crippen LogP contribution in [-0.2, 0) is 19.6 Å². The third kappa shape index (κ3) is 6.30. The van der Waals surface area contributed by atoms with Crippen molar-refractivity contribution in [2.24, 2.45) is 0 Å². The number of carboxylic acid groups (broad SMARTS) is 1. The van der Waals surface area contributed by atoms with Crippen molar-refractivity contribution in [3.8, 4) is 5.75 Å². The van der Waals surface area contributed by atoms with Gasteiger partial charge >= 0.3 is 12.1 Å². The second kappa shape index (κ2) is 10.5. The fourth-order valence-electron chi connectivity index (χ4n) is 2.80. The molecule has 0 aromatic heterocycles. The number of rotatable bonds is 8. The Morgan fingerprint density at radius 1 is 0.970 bits per heavy atom. The zero-order valence-corrected chi connectivity index (χ0v) is 19.9. The number of anilines is 1. The molecule has 2 aromatic carbocycles. The third-order valence-corrected chi connectivity index (χ3v) is 6.60. The van der Waals surface area contributed by atoms with Crippen LogP contribution in [0.1, 0.15) is 12.5 Å². The number of nitrogens with zero attached hydrogens (tertiary/aromatic N) is 3. The number of aryl methyl sites for hydroxylation is 1. The minimum Gasteiger partial charge on any atom is -0.480 e. The Balaban J connectivity index is 2.28. The molecule has 0 radical (unpaired) electrons. The molecule has 33 heavy (non-hydrogen) atoms. The van der Waals surface area contributed by atoms with Crippen LogP contribution in [0.5, 0.6) is 5.75 Å². The van der Waals surface area contributed by atoms with Gasteiger partial charge in [0, 0.05) is 26.8 Å². The van der Waals surface area contributed by atoms with E-state index in [-0.39, 0.29) is 16.3 Å². The average molecular weight is 478 g/mol. The number of carbonyl (C=O) groups is 3. The van der Waals surface area contributed by atoms with Crippen LogP contribution in [0.25, 0.3) is 0 Å². The highest BCUT2D eigenvalue weighted by Gasteiger charge is 2.31. The Labute approximate surface area is 193 Å². The van der Waals surface area contributed by atoms with Crippen LogP contribution in [0.3, 0.4) is 0 Å². The predicted molar refractivity (Wildman–Crippen MR) is 122 cm³/mol. The summed E-state index contributed by atoms with van der Waals surface area (Å²) >= 11 is 0. The lowest BCUT2D eigenvalue weighted by atomic mass is 10.2. The van der Waals surface area contributed by atoms with Gasteiger partial charge in [0.25, 0.3) is 0 Å². The summed E-state index contributed by atoms with van der Waals surface area (Å²) in [7, 11) is 0.327. The molecule has 0 spiro atoms. The molecule has 10 nitrogen and oxygen atoms in total. The van der Waals surface area contributed by atoms with E-state index in [1.807, 2.05) is 6.92 Å². The fourth-order valence-corrected chi connectivity index (χ4v) is 3.92. The maximum Gasteiger partial charge on any atom is 0.414 e. The molecule has 0 aliphatic rings. The van der Waals surface area contributed by atoms with Crippen LogP contribution >= 0.6 is 0 Å². The van der Waals surface area contributed by atoms with Gasteiger partial charge in [-0.25, -0.2) is 18.0 Å². The highest BCUT2D eigenvalue weighted by atomic mass is 32.2. The van der Waals surface area contributed by atoms with Crippen molar-refractivity contribution in [3.05, 3.63) is 54.1 Å². The monoisotopic (exact) mass is 477 g/mol. The van der Waals surface area contributed by atoms with Crippen LogP contribution in [-0.4, -0.2) is 74.4 Å². The molecule has 2 rings (SSSR count). The van der Waals surface area contributed by atoms with Crippen LogP contribution in [0.4, 0.5) is 10.5 Å². The second-order valence-electron chi connectivity index (χ2n) is 7.61. The summed E-state index contributed by atoms with van der Waals surface area (Å²) < 4.78 is 31.7. The largest absolute Gasteiger partial charge is 0.480 e. The van der Waals surface area contributed by atoms with Crippen molar-refractivity contribution < 1.29 is 32.6 Å². The summed E-state index contributed by atoms with van der Waals surface area (Å²) in [6.07, 6.45) is -0.600. The van der Waals surface area contributed by atoms with E-state index in [1.54, 1.807) is 12.1 Å². The van der Waals surface area contributed by atoms with Gasteiger partial charge in [-0.15, -0.1) is 0 Å². The van der Waals surface area contributed by atoms with Gasteiger partial charge in [-0.05, 0) is 50.2 Å². The van der Waals surface area contributed by atoms with Crippen molar-refractivity contribution in [2.75, 3.05) is 32.6 Å². The summed E-state index contributed by atoms with van der Waals surface area (Å²) in [5.74, 6) is -1.80. The first-order valence-corrected chi connectivity index (χ1v) is 11.4. The van der Waals surface area contributed by atoms with Crippen LogP contribution in [0, 0.1) is 6.92 Å². The Hall–Kier alpha value is -3.44. The minimum absolute atomic E-state index is 0.0216. The summed E-state index contributed by atoms with van der Waals surface area (Å²) in [6.45, 7) is 2.56. The Morgan fingerprint density at radius 3 is 2.00 bits per heavy atom. The predicted octanol–water partition coefficient (Wildman–Crippen LogP) is 2.18. The summed E-state index contributed by atoms with van der Waals surface area (Å²) in [4.78, 5) is 38.6. The standard InChI is InChI=1S/C22H27N3O7S/c1-15-6-12-19(13-7-15)33(30,31)24(5)14-20(26)25(16(2)21(27)28)17-8-10-18(11-9-17)32-22(29)23(3)4/h6-13,16H,14H2,1-5H3,(H,27,28)/t16-/m0/s1. The van der Waals surface area contributed by atoms with Gasteiger partial charge in [-0.1, -0.05) is 17.7 Å². The molecular weight excluding hydrogens is 450 g/mol. The van der Waals surface area contributed by atoms with Crippen molar-refractivity contribution in [2.45, 2.75) is 24.8 Å². The molecule has 1 atom stereocenters. The van der Waals surface area contributed by atoms with Crippen molar-refractivity contribution in [1.29, 1.82) is 0 Å². The maximum absolute atomic E-state index is 13.0. The normalized spacial score (nSPS) is 12.2. The van der Waals surface area contributed by atoms with Gasteiger partial charge in [-0.2, -0.15) is 4.31 Å². The van der Waals surface area contributed by atoms with E-state index < -0.39 is 40.6 Å². The van der Waals surface area contributed by atoms with Gasteiger partial charge in [0.1, 0.15) is 11.8 Å². The van der Waals surface area contributed by atoms with Crippen LogP contribution in [0.2, 0.25) is 0 Å². The van der Waals surface area contributed by atoms with Gasteiger partial charge < -0.3 is 14.7 Å². The number of aliphatic carboxylic acids is 1. The fraction of sp³-hybridized carbons (Fsp3) is 0.318. The van der Waals surface area contributed by atoms with Gasteiger partial charge in [0.2, 0.25) is 15.9 Å². The summed E-state index contributed by atoms with van der Waals surface area (Å²) in [5, 5.41) is 9.49. The molecule has 0 heterocycles. The molecule has 0 fully saturated rings. The molecule has 0 saturated heterocycles. The van der Waals surface area contributed by atoms with E-state index in [0.29, 0.717) is 0 Å². The van der Waals surface area contributed by atoms with Crippen molar-refractivity contribution in [3.63, 3.8) is 0 Å². The van der Waals surface area contributed by atoms with Crippen molar-refractivity contribution >= 4 is 33.7 Å². The Kier molecular flexibility index (Phi) is 8.18. The zero-order chi connectivity index (χ0) is 24.9. The molecule has 1 N–H and O–H groups in total. The molecule has 178 valence electrons. The van der Waals surface area contributed by atoms with Crippen LogP contribution < -0.4 is 9.64 Å². The summed E-state index contributed by atoms with van der Waals surface area (Å²) in [6, 6.07) is 10.6. The minimum atomic E-state index is -3.96. The molecule has 0 bridgehead atoms. The van der Waals surface area contributed by atoms with E-state index in [0.717, 1.165) is 14.8 Å². The van der Waals surface area contributed by atoms with Gasteiger partial charge in [0.05, 0.1) is 11.4 Å². The number of amides is 2. The molecule has 0 unspecified atom stereocenters. The number of carbonyl (C=O) groups excluding carboxylic acids is 2. The first kappa shape index (κ1) is 25.8. The SMILES string of the molecule is Cc1ccc(S(=O)(=O)N(C)CC(=O)N(c2ccc(OC(=O)N(C)C)cc2)[C@@H](C)C(=O)O)cc1. The third-order valence-electron chi connectivity index (χ3n) is 4.79. The lowest BCUT2D eigenvalue weighted by Crippen LogP contribution is -2.48. The van der Waals surface area contributed by atoms with Crippen LogP contribution in [0.15, 0.2) is 53.4 Å². The summed E-state index contributed by atoms with van der Waals surface area (Å²) in [5.41, 5.74) is 1.09. The first-order valence-electron chi connectivity index (χ1n) is 9.91. The van der Waals surface area contributed by atoms with E-state index in [4.69, 9.17) is 4.74 Å². The smallest absolute Gasteiger partial charge is 0.414 e. The van der Waals surface area contributed by atoms with Gasteiger partial charge in [0.15, 0.2) is 0 Å². The highest BCUT2D eigenvalue weighted by molar-refractivity contribution is 7.89. The number of hydrogen-bond donors (Lipinski definition) is 1. The number of sulfonamides is 1. The molecule has 0 saturated carbocycles. The van der Waals surface area contributed by atoms with Gasteiger partial charge in [-0.3, -0.25) is 9.69 Å². The number of carboxylic acids is 1. The maximum atomic E-state index is 13.0. The molecule has 2 amide bonds. The molecule has 0 aliphatic carbocycles. The topological polar surface area (TPSA) is 125 Å². The average Bonchev–Trinajstić information content (AvgIpc) is 2.75. The number of likely N-dealkylation sites (N-methyl/N-ethyl adjacent to an activating group) is 1.